The molecule has 10 aromatic carbocycles. The fraction of sp³-hybridized carbons (Fsp3) is 0.0500. The molecule has 3 nitrogen and oxygen atoms in total. The fourth-order valence-electron chi connectivity index (χ4n) is 9.92. The molecule has 296 valence electrons. The highest BCUT2D eigenvalue weighted by Gasteiger charge is 2.35. The lowest BCUT2D eigenvalue weighted by atomic mass is 9.82. The van der Waals surface area contributed by atoms with Crippen molar-refractivity contribution in [3.8, 4) is 78.7 Å². The Kier molecular flexibility index (Phi) is 8.52. The number of hydrogen-bond donors (Lipinski definition) is 0. The van der Waals surface area contributed by atoms with E-state index in [1.807, 2.05) is 6.07 Å². The summed E-state index contributed by atoms with van der Waals surface area (Å²) in [6.07, 6.45) is 0. The third kappa shape index (κ3) is 6.15. The maximum Gasteiger partial charge on any atom is 0.164 e. The Morgan fingerprint density at radius 2 is 0.825 bits per heavy atom. The normalized spacial score (nSPS) is 12.7. The van der Waals surface area contributed by atoms with Gasteiger partial charge in [-0.1, -0.05) is 214 Å². The topological polar surface area (TPSA) is 38.7 Å². The zero-order chi connectivity index (χ0) is 42.1. The summed E-state index contributed by atoms with van der Waals surface area (Å²) in [4.78, 5) is 15.7. The first kappa shape index (κ1) is 36.8. The first-order valence-electron chi connectivity index (χ1n) is 21.7. The van der Waals surface area contributed by atoms with E-state index in [-0.39, 0.29) is 5.41 Å². The number of hydrogen-bond acceptors (Lipinski definition) is 3. The fourth-order valence-corrected chi connectivity index (χ4v) is 9.92. The van der Waals surface area contributed by atoms with Crippen LogP contribution in [-0.4, -0.2) is 15.0 Å². The molecule has 12 rings (SSSR count). The van der Waals surface area contributed by atoms with E-state index in [4.69, 9.17) is 15.0 Å². The Bertz CT molecular complexity index is 3570. The molecule has 0 unspecified atom stereocenters. The van der Waals surface area contributed by atoms with Crippen LogP contribution in [0.25, 0.3) is 111 Å². The molecule has 0 radical (unpaired) electrons. The summed E-state index contributed by atoms with van der Waals surface area (Å²) in [5.41, 5.74) is 14.9. The van der Waals surface area contributed by atoms with Crippen molar-refractivity contribution in [1.29, 1.82) is 0 Å². The molecule has 0 fully saturated rings. The second-order valence-corrected chi connectivity index (χ2v) is 17.2. The van der Waals surface area contributed by atoms with Gasteiger partial charge in [-0.15, -0.1) is 0 Å². The van der Waals surface area contributed by atoms with E-state index in [9.17, 15) is 0 Å². The van der Waals surface area contributed by atoms with Crippen molar-refractivity contribution in [2.24, 2.45) is 0 Å². The van der Waals surface area contributed by atoms with Gasteiger partial charge < -0.3 is 0 Å². The van der Waals surface area contributed by atoms with Crippen LogP contribution < -0.4 is 0 Å². The molecule has 63 heavy (non-hydrogen) atoms. The highest BCUT2D eigenvalue weighted by atomic mass is 15.0. The summed E-state index contributed by atoms with van der Waals surface area (Å²) in [6, 6.07) is 76.3. The number of rotatable bonds is 6. The van der Waals surface area contributed by atoms with Crippen molar-refractivity contribution in [3.05, 3.63) is 223 Å². The minimum absolute atomic E-state index is 0.147. The number of benzene rings is 10. The number of nitrogens with zero attached hydrogens (tertiary/aromatic N) is 3. The van der Waals surface area contributed by atoms with Gasteiger partial charge in [-0.05, 0) is 100 Å². The Hall–Kier alpha value is -8.01. The molecule has 0 saturated carbocycles. The third-order valence-corrected chi connectivity index (χ3v) is 13.1. The zero-order valence-electron chi connectivity index (χ0n) is 35.0. The number of fused-ring (bicyclic) bond motifs is 7. The first-order valence-corrected chi connectivity index (χ1v) is 21.7. The van der Waals surface area contributed by atoms with Crippen LogP contribution in [0.5, 0.6) is 0 Å². The van der Waals surface area contributed by atoms with E-state index in [1.165, 1.54) is 65.7 Å². The predicted octanol–water partition coefficient (Wildman–Crippen LogP) is 15.6. The van der Waals surface area contributed by atoms with Crippen molar-refractivity contribution < 1.29 is 0 Å². The molecule has 0 saturated heterocycles. The summed E-state index contributed by atoms with van der Waals surface area (Å²) < 4.78 is 0. The van der Waals surface area contributed by atoms with Crippen LogP contribution in [0.1, 0.15) is 25.0 Å². The van der Waals surface area contributed by atoms with Crippen LogP contribution in [0.3, 0.4) is 0 Å². The molecule has 0 spiro atoms. The van der Waals surface area contributed by atoms with Gasteiger partial charge in [0.25, 0.3) is 0 Å². The molecule has 3 heteroatoms. The minimum Gasteiger partial charge on any atom is -0.208 e. The Morgan fingerprint density at radius 1 is 0.286 bits per heavy atom. The Labute approximate surface area is 367 Å². The average Bonchev–Trinajstić information content (AvgIpc) is 3.58. The summed E-state index contributed by atoms with van der Waals surface area (Å²) >= 11 is 0. The SMILES string of the molecule is CC1(C)c2ccccc2-c2ccc(-c3nc(-c4ccc(-c5ccc(-c6c7ccccc7cc7c6ccc6ccccc67)cc5)cc4)nc(-c4ccccc4-c4ccccc4)n3)cc21. The van der Waals surface area contributed by atoms with Crippen LogP contribution in [0.2, 0.25) is 0 Å². The smallest absolute Gasteiger partial charge is 0.164 e. The van der Waals surface area contributed by atoms with Gasteiger partial charge in [-0.2, -0.15) is 0 Å². The van der Waals surface area contributed by atoms with Crippen molar-refractivity contribution in [2.45, 2.75) is 19.3 Å². The van der Waals surface area contributed by atoms with Crippen LogP contribution in [0.4, 0.5) is 0 Å². The lowest BCUT2D eigenvalue weighted by Crippen LogP contribution is -2.15. The summed E-state index contributed by atoms with van der Waals surface area (Å²) in [6.45, 7) is 4.62. The molecule has 1 aliphatic carbocycles. The van der Waals surface area contributed by atoms with E-state index < -0.39 is 0 Å². The highest BCUT2D eigenvalue weighted by Crippen LogP contribution is 2.49. The van der Waals surface area contributed by atoms with Crippen molar-refractivity contribution in [2.75, 3.05) is 0 Å². The van der Waals surface area contributed by atoms with Crippen molar-refractivity contribution >= 4 is 32.3 Å². The van der Waals surface area contributed by atoms with Crippen molar-refractivity contribution in [3.63, 3.8) is 0 Å². The standard InChI is InChI=1S/C60H41N3/c1-60(2)54-23-13-12-21-49(54)50-34-33-45(37-55(50)60)58-61-57(62-59(63-58)52-22-11-10-18-46(52)40-14-4-3-5-15-40)43-30-26-39(27-31-43)38-24-28-42(29-25-38)56-48-20-9-7-17-44(48)36-53-47-19-8-6-16-41(47)32-35-51(53)56/h3-37H,1-2H3. The monoisotopic (exact) mass is 803 g/mol. The van der Waals surface area contributed by atoms with Gasteiger partial charge in [-0.25, -0.2) is 15.0 Å². The van der Waals surface area contributed by atoms with E-state index in [0.29, 0.717) is 17.5 Å². The molecule has 1 aliphatic rings. The van der Waals surface area contributed by atoms with Gasteiger partial charge >= 0.3 is 0 Å². The summed E-state index contributed by atoms with van der Waals surface area (Å²) in [5.74, 6) is 1.94. The molecular weight excluding hydrogens is 763 g/mol. The molecular formula is C60H41N3. The van der Waals surface area contributed by atoms with E-state index >= 15 is 0 Å². The molecule has 0 amide bonds. The summed E-state index contributed by atoms with van der Waals surface area (Å²) in [7, 11) is 0. The van der Waals surface area contributed by atoms with Gasteiger partial charge in [0.2, 0.25) is 0 Å². The van der Waals surface area contributed by atoms with Gasteiger partial charge in [0.15, 0.2) is 17.5 Å². The average molecular weight is 804 g/mol. The Morgan fingerprint density at radius 3 is 1.59 bits per heavy atom. The molecule has 1 heterocycles. The second kappa shape index (κ2) is 14.6. The second-order valence-electron chi connectivity index (χ2n) is 17.2. The minimum atomic E-state index is -0.147. The number of aromatic nitrogens is 3. The maximum atomic E-state index is 5.24. The quantitative estimate of drug-likeness (QED) is 0.124. The van der Waals surface area contributed by atoms with Crippen LogP contribution in [0, 0.1) is 0 Å². The highest BCUT2D eigenvalue weighted by molar-refractivity contribution is 6.20. The Balaban J connectivity index is 0.941. The van der Waals surface area contributed by atoms with Gasteiger partial charge in [0, 0.05) is 22.1 Å². The van der Waals surface area contributed by atoms with Crippen LogP contribution in [0.15, 0.2) is 212 Å². The molecule has 0 atom stereocenters. The van der Waals surface area contributed by atoms with E-state index in [0.717, 1.165) is 38.9 Å². The van der Waals surface area contributed by atoms with Crippen molar-refractivity contribution in [1.82, 2.24) is 15.0 Å². The first-order chi connectivity index (χ1) is 31.0. The molecule has 0 N–H and O–H groups in total. The van der Waals surface area contributed by atoms with Gasteiger partial charge in [-0.3, -0.25) is 0 Å². The largest absolute Gasteiger partial charge is 0.208 e. The lowest BCUT2D eigenvalue weighted by molar-refractivity contribution is 0.660. The van der Waals surface area contributed by atoms with Crippen LogP contribution in [-0.2, 0) is 5.41 Å². The predicted molar refractivity (Wildman–Crippen MR) is 263 cm³/mol. The zero-order valence-corrected chi connectivity index (χ0v) is 35.0. The molecule has 1 aromatic heterocycles. The van der Waals surface area contributed by atoms with Crippen LogP contribution >= 0.6 is 0 Å². The van der Waals surface area contributed by atoms with E-state index in [1.54, 1.807) is 0 Å². The van der Waals surface area contributed by atoms with Gasteiger partial charge in [0.05, 0.1) is 0 Å². The lowest BCUT2D eigenvalue weighted by Gasteiger charge is -2.21. The molecule has 0 bridgehead atoms. The summed E-state index contributed by atoms with van der Waals surface area (Å²) in [5, 5.41) is 7.58. The molecule has 0 aliphatic heterocycles. The maximum absolute atomic E-state index is 5.24. The molecule has 11 aromatic rings. The van der Waals surface area contributed by atoms with E-state index in [2.05, 4.69) is 220 Å². The van der Waals surface area contributed by atoms with Gasteiger partial charge in [0.1, 0.15) is 0 Å². The third-order valence-electron chi connectivity index (χ3n) is 13.1.